The van der Waals surface area contributed by atoms with E-state index < -0.39 is 5.97 Å². The molecular weight excluding hydrogens is 280 g/mol. The second-order valence-electron chi connectivity index (χ2n) is 4.09. The van der Waals surface area contributed by atoms with Crippen molar-refractivity contribution in [1.29, 1.82) is 0 Å². The van der Waals surface area contributed by atoms with Crippen molar-refractivity contribution in [3.8, 4) is 11.5 Å². The summed E-state index contributed by atoms with van der Waals surface area (Å²) in [4.78, 5) is 11.8. The number of hydrogen-bond acceptors (Lipinski definition) is 4. The van der Waals surface area contributed by atoms with Crippen LogP contribution < -0.4 is 4.74 Å². The molecule has 2 rings (SSSR count). The Kier molecular flexibility index (Phi) is 4.48. The normalized spacial score (nSPS) is 10.1. The van der Waals surface area contributed by atoms with Crippen LogP contribution >= 0.6 is 11.6 Å². The van der Waals surface area contributed by atoms with Gasteiger partial charge in [-0.1, -0.05) is 23.7 Å². The first kappa shape index (κ1) is 14.2. The molecule has 1 N–H and O–H groups in total. The molecule has 0 saturated heterocycles. The standard InChI is InChI=1S/C15H13ClO4/c1-19-12-4-2-3-10(7-12)9-20-15(18)13-6-5-11(16)8-14(13)17/h2-8,17H,9H2,1H3. The topological polar surface area (TPSA) is 55.8 Å². The SMILES string of the molecule is COc1cccc(COC(=O)c2ccc(Cl)cc2O)c1. The van der Waals surface area contributed by atoms with E-state index in [4.69, 9.17) is 21.1 Å². The Bertz CT molecular complexity index is 625. The number of phenols is 1. The molecule has 0 amide bonds. The molecule has 0 fully saturated rings. The van der Waals surface area contributed by atoms with Crippen LogP contribution in [-0.2, 0) is 11.3 Å². The second kappa shape index (κ2) is 6.30. The Morgan fingerprint density at radius 1 is 1.25 bits per heavy atom. The predicted octanol–water partition coefficient (Wildman–Crippen LogP) is 3.41. The van der Waals surface area contributed by atoms with Gasteiger partial charge in [-0.05, 0) is 35.9 Å². The van der Waals surface area contributed by atoms with E-state index in [0.717, 1.165) is 5.56 Å². The Labute approximate surface area is 121 Å². The van der Waals surface area contributed by atoms with Gasteiger partial charge in [-0.3, -0.25) is 0 Å². The summed E-state index contributed by atoms with van der Waals surface area (Å²) < 4.78 is 10.2. The average molecular weight is 293 g/mol. The van der Waals surface area contributed by atoms with Gasteiger partial charge in [0.2, 0.25) is 0 Å². The van der Waals surface area contributed by atoms with Gasteiger partial charge in [0.1, 0.15) is 23.7 Å². The van der Waals surface area contributed by atoms with Crippen LogP contribution in [0.25, 0.3) is 0 Å². The zero-order chi connectivity index (χ0) is 14.5. The molecule has 2 aromatic carbocycles. The van der Waals surface area contributed by atoms with E-state index in [9.17, 15) is 9.90 Å². The number of esters is 1. The molecule has 0 unspecified atom stereocenters. The highest BCUT2D eigenvalue weighted by Gasteiger charge is 2.13. The number of ether oxygens (including phenoxy) is 2. The van der Waals surface area contributed by atoms with Crippen LogP contribution in [0.5, 0.6) is 11.5 Å². The van der Waals surface area contributed by atoms with E-state index in [2.05, 4.69) is 0 Å². The van der Waals surface area contributed by atoms with Gasteiger partial charge in [0.25, 0.3) is 0 Å². The second-order valence-corrected chi connectivity index (χ2v) is 4.53. The van der Waals surface area contributed by atoms with E-state index >= 15 is 0 Å². The third-order valence-corrected chi connectivity index (χ3v) is 2.92. The molecule has 0 spiro atoms. The first-order chi connectivity index (χ1) is 9.60. The fraction of sp³-hybridized carbons (Fsp3) is 0.133. The van der Waals surface area contributed by atoms with Crippen molar-refractivity contribution in [2.45, 2.75) is 6.61 Å². The summed E-state index contributed by atoms with van der Waals surface area (Å²) in [5.41, 5.74) is 0.878. The molecule has 20 heavy (non-hydrogen) atoms. The van der Waals surface area contributed by atoms with E-state index in [1.54, 1.807) is 19.2 Å². The number of carbonyl (C=O) groups is 1. The van der Waals surface area contributed by atoms with E-state index in [0.29, 0.717) is 10.8 Å². The van der Waals surface area contributed by atoms with Crippen LogP contribution in [-0.4, -0.2) is 18.2 Å². The lowest BCUT2D eigenvalue weighted by Crippen LogP contribution is -2.05. The van der Waals surface area contributed by atoms with Gasteiger partial charge in [-0.15, -0.1) is 0 Å². The quantitative estimate of drug-likeness (QED) is 0.877. The molecular formula is C15H13ClO4. The highest BCUT2D eigenvalue weighted by molar-refractivity contribution is 6.30. The molecule has 5 heteroatoms. The first-order valence-corrected chi connectivity index (χ1v) is 6.26. The molecule has 0 aliphatic carbocycles. The number of halogens is 1. The number of aromatic hydroxyl groups is 1. The number of benzene rings is 2. The van der Waals surface area contributed by atoms with Gasteiger partial charge < -0.3 is 14.6 Å². The molecule has 0 aliphatic heterocycles. The fourth-order valence-electron chi connectivity index (χ4n) is 1.67. The number of phenolic OH excluding ortho intramolecular Hbond substituents is 1. The van der Waals surface area contributed by atoms with Gasteiger partial charge in [-0.25, -0.2) is 4.79 Å². The van der Waals surface area contributed by atoms with Crippen molar-refractivity contribution in [3.63, 3.8) is 0 Å². The van der Waals surface area contributed by atoms with Gasteiger partial charge in [0, 0.05) is 5.02 Å². The molecule has 0 heterocycles. The molecule has 104 valence electrons. The lowest BCUT2D eigenvalue weighted by molar-refractivity contribution is 0.0469. The third-order valence-electron chi connectivity index (χ3n) is 2.68. The summed E-state index contributed by atoms with van der Waals surface area (Å²) in [5.74, 6) is -0.122. The van der Waals surface area contributed by atoms with Crippen LogP contribution in [0.4, 0.5) is 0 Å². The van der Waals surface area contributed by atoms with Crippen molar-refractivity contribution in [2.24, 2.45) is 0 Å². The van der Waals surface area contributed by atoms with Gasteiger partial charge >= 0.3 is 5.97 Å². The maximum atomic E-state index is 11.8. The summed E-state index contributed by atoms with van der Waals surface area (Å²) in [6.45, 7) is 0.0953. The van der Waals surface area contributed by atoms with E-state index in [-0.39, 0.29) is 17.9 Å². The van der Waals surface area contributed by atoms with Crippen LogP contribution in [0, 0.1) is 0 Å². The maximum absolute atomic E-state index is 11.8. The summed E-state index contributed by atoms with van der Waals surface area (Å²) in [5, 5.41) is 9.99. The van der Waals surface area contributed by atoms with Crippen LogP contribution in [0.3, 0.4) is 0 Å². The van der Waals surface area contributed by atoms with Crippen molar-refractivity contribution < 1.29 is 19.4 Å². The Morgan fingerprint density at radius 2 is 2.05 bits per heavy atom. The van der Waals surface area contributed by atoms with Crippen molar-refractivity contribution in [2.75, 3.05) is 7.11 Å². The van der Waals surface area contributed by atoms with Gasteiger partial charge in [-0.2, -0.15) is 0 Å². The smallest absolute Gasteiger partial charge is 0.342 e. The zero-order valence-corrected chi connectivity index (χ0v) is 11.6. The third kappa shape index (κ3) is 3.42. The minimum Gasteiger partial charge on any atom is -0.507 e. The molecule has 0 bridgehead atoms. The largest absolute Gasteiger partial charge is 0.507 e. The maximum Gasteiger partial charge on any atom is 0.342 e. The van der Waals surface area contributed by atoms with Crippen LogP contribution in [0.15, 0.2) is 42.5 Å². The summed E-state index contributed by atoms with van der Waals surface area (Å²) in [6.07, 6.45) is 0. The van der Waals surface area contributed by atoms with Crippen molar-refractivity contribution in [3.05, 3.63) is 58.6 Å². The van der Waals surface area contributed by atoms with E-state index in [1.807, 2.05) is 12.1 Å². The number of hydrogen-bond donors (Lipinski definition) is 1. The van der Waals surface area contributed by atoms with Gasteiger partial charge in [0.05, 0.1) is 7.11 Å². The number of methoxy groups -OCH3 is 1. The highest BCUT2D eigenvalue weighted by Crippen LogP contribution is 2.23. The summed E-state index contributed by atoms with van der Waals surface area (Å²) >= 11 is 5.70. The Hall–Kier alpha value is -2.20. The lowest BCUT2D eigenvalue weighted by Gasteiger charge is -2.07. The molecule has 0 aromatic heterocycles. The minimum atomic E-state index is -0.609. The Balaban J connectivity index is 2.04. The van der Waals surface area contributed by atoms with Crippen molar-refractivity contribution in [1.82, 2.24) is 0 Å². The monoisotopic (exact) mass is 292 g/mol. The molecule has 0 radical (unpaired) electrons. The molecule has 0 saturated carbocycles. The average Bonchev–Trinajstić information content (AvgIpc) is 2.45. The summed E-state index contributed by atoms with van der Waals surface area (Å²) in [6, 6.07) is 11.4. The number of rotatable bonds is 4. The van der Waals surface area contributed by atoms with Crippen LogP contribution in [0.2, 0.25) is 5.02 Å². The lowest BCUT2D eigenvalue weighted by atomic mass is 10.2. The van der Waals surface area contributed by atoms with E-state index in [1.165, 1.54) is 18.2 Å². The van der Waals surface area contributed by atoms with Crippen LogP contribution in [0.1, 0.15) is 15.9 Å². The summed E-state index contributed by atoms with van der Waals surface area (Å²) in [7, 11) is 1.57. The minimum absolute atomic E-state index is 0.0808. The fourth-order valence-corrected chi connectivity index (χ4v) is 1.83. The number of carbonyl (C=O) groups excluding carboxylic acids is 1. The van der Waals surface area contributed by atoms with Crippen molar-refractivity contribution >= 4 is 17.6 Å². The molecule has 0 aliphatic rings. The van der Waals surface area contributed by atoms with Gasteiger partial charge in [0.15, 0.2) is 0 Å². The predicted molar refractivity (Wildman–Crippen MR) is 75.2 cm³/mol. The zero-order valence-electron chi connectivity index (χ0n) is 10.8. The molecule has 0 atom stereocenters. The molecule has 4 nitrogen and oxygen atoms in total. The highest BCUT2D eigenvalue weighted by atomic mass is 35.5. The first-order valence-electron chi connectivity index (χ1n) is 5.88. The Morgan fingerprint density at radius 3 is 2.75 bits per heavy atom. The molecule has 2 aromatic rings.